The van der Waals surface area contributed by atoms with Crippen molar-refractivity contribution in [2.45, 2.75) is 11.8 Å². The number of nitrogen functional groups attached to an aromatic ring is 1. The van der Waals surface area contributed by atoms with Crippen molar-refractivity contribution in [1.29, 1.82) is 0 Å². The quantitative estimate of drug-likeness (QED) is 0.645. The van der Waals surface area contributed by atoms with Crippen molar-refractivity contribution >= 4 is 50.4 Å². The second-order valence-corrected chi connectivity index (χ2v) is 7.04. The summed E-state index contributed by atoms with van der Waals surface area (Å²) in [5, 5.41) is 0.283. The van der Waals surface area contributed by atoms with Gasteiger partial charge in [-0.05, 0) is 31.2 Å². The summed E-state index contributed by atoms with van der Waals surface area (Å²) in [5.41, 5.74) is 6.25. The maximum atomic E-state index is 12.3. The Kier molecular flexibility index (Phi) is 4.65. The lowest BCUT2D eigenvalue weighted by molar-refractivity contribution is 0.101. The monoisotopic (exact) mass is 358 g/mol. The SMILES string of the molecule is CC(=O)c1cccc(S(=O)(=O)Nc2cc(Cl)c(N)c(Cl)c2)c1. The first kappa shape index (κ1) is 16.6. The number of rotatable bonds is 4. The number of benzene rings is 2. The molecule has 116 valence electrons. The number of nitrogens with two attached hydrogens (primary N) is 1. The van der Waals surface area contributed by atoms with Crippen LogP contribution in [0.25, 0.3) is 0 Å². The summed E-state index contributed by atoms with van der Waals surface area (Å²) in [5.74, 6) is -0.226. The summed E-state index contributed by atoms with van der Waals surface area (Å²) < 4.78 is 27.0. The van der Waals surface area contributed by atoms with Gasteiger partial charge in [-0.25, -0.2) is 8.42 Å². The van der Waals surface area contributed by atoms with Gasteiger partial charge in [-0.15, -0.1) is 0 Å². The maximum absolute atomic E-state index is 12.3. The van der Waals surface area contributed by atoms with E-state index in [2.05, 4.69) is 4.72 Å². The topological polar surface area (TPSA) is 89.3 Å². The van der Waals surface area contributed by atoms with E-state index in [0.29, 0.717) is 5.56 Å². The molecule has 3 N–H and O–H groups in total. The van der Waals surface area contributed by atoms with Crippen molar-refractivity contribution in [2.75, 3.05) is 10.5 Å². The predicted molar refractivity (Wildman–Crippen MR) is 88.1 cm³/mol. The highest BCUT2D eigenvalue weighted by atomic mass is 35.5. The van der Waals surface area contributed by atoms with Crippen LogP contribution in [0.15, 0.2) is 41.3 Å². The summed E-state index contributed by atoms with van der Waals surface area (Å²) in [6.45, 7) is 1.36. The van der Waals surface area contributed by atoms with Gasteiger partial charge in [0.25, 0.3) is 10.0 Å². The van der Waals surface area contributed by atoms with Crippen LogP contribution >= 0.6 is 23.2 Å². The number of sulfonamides is 1. The van der Waals surface area contributed by atoms with E-state index in [0.717, 1.165) is 0 Å². The molecular formula is C14H12Cl2N2O3S. The number of nitrogens with one attached hydrogen (secondary N) is 1. The van der Waals surface area contributed by atoms with E-state index in [4.69, 9.17) is 28.9 Å². The summed E-state index contributed by atoms with van der Waals surface area (Å²) in [6, 6.07) is 8.43. The molecule has 0 saturated carbocycles. The number of carbonyl (C=O) groups excluding carboxylic acids is 1. The Bertz CT molecular complexity index is 828. The summed E-state index contributed by atoms with van der Waals surface area (Å²) >= 11 is 11.7. The lowest BCUT2D eigenvalue weighted by atomic mass is 10.2. The van der Waals surface area contributed by atoms with Crippen molar-refractivity contribution in [3.05, 3.63) is 52.0 Å². The van der Waals surface area contributed by atoms with Crippen LogP contribution in [0.3, 0.4) is 0 Å². The van der Waals surface area contributed by atoms with Gasteiger partial charge in [0.05, 0.1) is 26.3 Å². The first-order valence-corrected chi connectivity index (χ1v) is 8.33. The Labute approximate surface area is 138 Å². The fraction of sp³-hybridized carbons (Fsp3) is 0.0714. The van der Waals surface area contributed by atoms with Gasteiger partial charge in [0.1, 0.15) is 0 Å². The van der Waals surface area contributed by atoms with Crippen molar-refractivity contribution in [3.8, 4) is 0 Å². The zero-order valence-electron chi connectivity index (χ0n) is 11.4. The van der Waals surface area contributed by atoms with Gasteiger partial charge >= 0.3 is 0 Å². The molecule has 0 bridgehead atoms. The van der Waals surface area contributed by atoms with Gasteiger partial charge in [-0.3, -0.25) is 9.52 Å². The number of Topliss-reactive ketones (excluding diaryl/α,β-unsaturated/α-hetero) is 1. The zero-order valence-corrected chi connectivity index (χ0v) is 13.8. The molecule has 22 heavy (non-hydrogen) atoms. The van der Waals surface area contributed by atoms with E-state index in [1.807, 2.05) is 0 Å². The second kappa shape index (κ2) is 6.16. The summed E-state index contributed by atoms with van der Waals surface area (Å²) in [7, 11) is -3.88. The molecule has 8 heteroatoms. The third kappa shape index (κ3) is 3.52. The molecule has 0 aromatic heterocycles. The lowest BCUT2D eigenvalue weighted by Gasteiger charge is -2.11. The third-order valence-electron chi connectivity index (χ3n) is 2.88. The average Bonchev–Trinajstić information content (AvgIpc) is 2.44. The number of hydrogen-bond donors (Lipinski definition) is 2. The fourth-order valence-corrected chi connectivity index (χ4v) is 3.31. The largest absolute Gasteiger partial charge is 0.396 e. The Balaban J connectivity index is 2.40. The highest BCUT2D eigenvalue weighted by Crippen LogP contribution is 2.32. The standard InChI is InChI=1S/C14H12Cl2N2O3S/c1-8(19)9-3-2-4-11(5-9)22(20,21)18-10-6-12(15)14(17)13(16)7-10/h2-7,18H,17H2,1H3. The molecule has 0 atom stereocenters. The van der Waals surface area contributed by atoms with E-state index < -0.39 is 10.0 Å². The molecule has 0 aliphatic heterocycles. The molecule has 2 aromatic carbocycles. The number of ketones is 1. The Morgan fingerprint density at radius 1 is 1.14 bits per heavy atom. The van der Waals surface area contributed by atoms with Crippen molar-refractivity contribution in [2.24, 2.45) is 0 Å². The van der Waals surface area contributed by atoms with Crippen LogP contribution in [0, 0.1) is 0 Å². The molecule has 0 heterocycles. The minimum absolute atomic E-state index is 0.0377. The molecule has 0 radical (unpaired) electrons. The van der Waals surface area contributed by atoms with Gasteiger partial charge < -0.3 is 5.73 Å². The van der Waals surface area contributed by atoms with Crippen LogP contribution in [0.1, 0.15) is 17.3 Å². The van der Waals surface area contributed by atoms with Crippen molar-refractivity contribution < 1.29 is 13.2 Å². The minimum Gasteiger partial charge on any atom is -0.396 e. The van der Waals surface area contributed by atoms with Crippen molar-refractivity contribution in [3.63, 3.8) is 0 Å². The van der Waals surface area contributed by atoms with Crippen LogP contribution in [-0.4, -0.2) is 14.2 Å². The van der Waals surface area contributed by atoms with E-state index >= 15 is 0 Å². The summed E-state index contributed by atoms with van der Waals surface area (Å²) in [6.07, 6.45) is 0. The Hall–Kier alpha value is -1.76. The van der Waals surface area contributed by atoms with Gasteiger partial charge in [-0.1, -0.05) is 35.3 Å². The van der Waals surface area contributed by atoms with Gasteiger partial charge in [0.2, 0.25) is 0 Å². The van der Waals surface area contributed by atoms with Gasteiger partial charge in [0.15, 0.2) is 5.78 Å². The lowest BCUT2D eigenvalue weighted by Crippen LogP contribution is -2.13. The molecule has 0 fully saturated rings. The number of carbonyl (C=O) groups is 1. The van der Waals surface area contributed by atoms with Crippen LogP contribution in [0.4, 0.5) is 11.4 Å². The molecule has 0 aliphatic carbocycles. The highest BCUT2D eigenvalue weighted by molar-refractivity contribution is 7.92. The molecule has 0 unspecified atom stereocenters. The molecule has 2 rings (SSSR count). The first-order chi connectivity index (χ1) is 10.2. The van der Waals surface area contributed by atoms with E-state index in [-0.39, 0.29) is 32.1 Å². The van der Waals surface area contributed by atoms with Crippen molar-refractivity contribution in [1.82, 2.24) is 0 Å². The normalized spacial score (nSPS) is 11.2. The number of hydrogen-bond acceptors (Lipinski definition) is 4. The van der Waals surface area contributed by atoms with Crippen LogP contribution in [0.5, 0.6) is 0 Å². The minimum atomic E-state index is -3.88. The Morgan fingerprint density at radius 2 is 1.73 bits per heavy atom. The fourth-order valence-electron chi connectivity index (χ4n) is 1.74. The molecular weight excluding hydrogens is 347 g/mol. The third-order valence-corrected chi connectivity index (χ3v) is 4.89. The molecule has 0 spiro atoms. The van der Waals surface area contributed by atoms with E-state index in [1.165, 1.54) is 43.3 Å². The van der Waals surface area contributed by atoms with Gasteiger partial charge in [0, 0.05) is 5.56 Å². The molecule has 5 nitrogen and oxygen atoms in total. The molecule has 0 aliphatic rings. The van der Waals surface area contributed by atoms with Gasteiger partial charge in [-0.2, -0.15) is 0 Å². The zero-order chi connectivity index (χ0) is 16.5. The maximum Gasteiger partial charge on any atom is 0.261 e. The molecule has 2 aromatic rings. The van der Waals surface area contributed by atoms with E-state index in [9.17, 15) is 13.2 Å². The predicted octanol–water partition coefficient (Wildman–Crippen LogP) is 3.58. The Morgan fingerprint density at radius 3 is 2.27 bits per heavy atom. The highest BCUT2D eigenvalue weighted by Gasteiger charge is 2.17. The second-order valence-electron chi connectivity index (χ2n) is 4.54. The molecule has 0 amide bonds. The van der Waals surface area contributed by atoms with Crippen LogP contribution in [-0.2, 0) is 10.0 Å². The smallest absolute Gasteiger partial charge is 0.261 e. The number of halogens is 2. The summed E-state index contributed by atoms with van der Waals surface area (Å²) in [4.78, 5) is 11.3. The average molecular weight is 359 g/mol. The molecule has 0 saturated heterocycles. The number of anilines is 2. The van der Waals surface area contributed by atoms with E-state index in [1.54, 1.807) is 0 Å². The first-order valence-electron chi connectivity index (χ1n) is 6.09. The van der Waals surface area contributed by atoms with Crippen LogP contribution in [0.2, 0.25) is 10.0 Å². The van der Waals surface area contributed by atoms with Crippen LogP contribution < -0.4 is 10.5 Å².